The number of hydrogen-bond acceptors (Lipinski definition) is 4. The lowest BCUT2D eigenvalue weighted by Crippen LogP contribution is -2.45. The van der Waals surface area contributed by atoms with Crippen LogP contribution in [0, 0.1) is 5.82 Å². The molecule has 0 bridgehead atoms. The van der Waals surface area contributed by atoms with E-state index >= 15 is 0 Å². The smallest absolute Gasteiger partial charge is 0.255 e. The third-order valence-corrected chi connectivity index (χ3v) is 7.16. The van der Waals surface area contributed by atoms with Crippen molar-refractivity contribution in [3.05, 3.63) is 124 Å². The largest absolute Gasteiger partial charge is 0.497 e. The third kappa shape index (κ3) is 5.31. The van der Waals surface area contributed by atoms with E-state index in [9.17, 15) is 14.0 Å². The fourth-order valence-corrected chi connectivity index (χ4v) is 5.23. The highest BCUT2D eigenvalue weighted by Gasteiger charge is 2.44. The highest BCUT2D eigenvalue weighted by Crippen LogP contribution is 2.44. The van der Waals surface area contributed by atoms with Crippen LogP contribution in [0.4, 0.5) is 10.1 Å². The van der Waals surface area contributed by atoms with Crippen molar-refractivity contribution in [2.24, 2.45) is 0 Å². The van der Waals surface area contributed by atoms with Crippen LogP contribution in [-0.2, 0) is 11.3 Å². The topological polar surface area (TPSA) is 67.9 Å². The van der Waals surface area contributed by atoms with Crippen molar-refractivity contribution >= 4 is 29.1 Å². The van der Waals surface area contributed by atoms with Gasteiger partial charge >= 0.3 is 0 Å². The molecule has 0 aliphatic carbocycles. The molecule has 0 saturated heterocycles. The van der Waals surface area contributed by atoms with Crippen molar-refractivity contribution in [1.29, 1.82) is 0 Å². The van der Waals surface area contributed by atoms with Crippen LogP contribution in [0.3, 0.4) is 0 Å². The first kappa shape index (κ1) is 26.3. The van der Waals surface area contributed by atoms with Gasteiger partial charge in [-0.25, -0.2) is 4.39 Å². The van der Waals surface area contributed by atoms with Gasteiger partial charge in [-0.05, 0) is 65.2 Å². The highest BCUT2D eigenvalue weighted by molar-refractivity contribution is 6.32. The standard InChI is InChI=1S/C31H26ClFN2O4/c1-38-23-14-9-20(10-15-23)29-28(30(36)34-22-13-16-27(39-2)26(32)17-22)24-5-3-4-6-25(24)31(37)35(29)18-19-7-11-21(33)12-8-19/h3-17,28-29H,18H2,1-2H3,(H,34,36)/t28-,29-/m0/s1. The number of carbonyl (C=O) groups excluding carboxylic acids is 2. The summed E-state index contributed by atoms with van der Waals surface area (Å²) < 4.78 is 24.2. The molecule has 2 atom stereocenters. The Morgan fingerprint density at radius 3 is 2.33 bits per heavy atom. The van der Waals surface area contributed by atoms with Gasteiger partial charge in [-0.15, -0.1) is 0 Å². The average Bonchev–Trinajstić information content (AvgIpc) is 2.95. The fraction of sp³-hybridized carbons (Fsp3) is 0.161. The number of nitrogens with one attached hydrogen (secondary N) is 1. The normalized spacial score (nSPS) is 16.4. The summed E-state index contributed by atoms with van der Waals surface area (Å²) in [5, 5.41) is 3.34. The van der Waals surface area contributed by atoms with Gasteiger partial charge in [-0.1, -0.05) is 54.1 Å². The number of fused-ring (bicyclic) bond motifs is 1. The SMILES string of the molecule is COc1ccc([C@H]2[C@@H](C(=O)Nc3ccc(OC)c(Cl)c3)c3ccccc3C(=O)N2Cc2ccc(F)cc2)cc1. The molecule has 1 heterocycles. The second-order valence-corrected chi connectivity index (χ2v) is 9.59. The molecule has 5 rings (SSSR count). The number of hydrogen-bond donors (Lipinski definition) is 1. The number of methoxy groups -OCH3 is 2. The molecule has 0 saturated carbocycles. The van der Waals surface area contributed by atoms with Crippen LogP contribution in [0.5, 0.6) is 11.5 Å². The summed E-state index contributed by atoms with van der Waals surface area (Å²) in [6, 6.07) is 24.8. The van der Waals surface area contributed by atoms with Crippen molar-refractivity contribution in [2.75, 3.05) is 19.5 Å². The van der Waals surface area contributed by atoms with Crippen molar-refractivity contribution in [3.63, 3.8) is 0 Å². The first-order valence-electron chi connectivity index (χ1n) is 12.3. The van der Waals surface area contributed by atoms with E-state index in [-0.39, 0.29) is 24.2 Å². The number of ether oxygens (including phenoxy) is 2. The van der Waals surface area contributed by atoms with E-state index in [0.717, 1.165) is 11.1 Å². The lowest BCUT2D eigenvalue weighted by Gasteiger charge is -2.42. The van der Waals surface area contributed by atoms with Crippen LogP contribution in [0.1, 0.15) is 39.0 Å². The maximum absolute atomic E-state index is 14.1. The summed E-state index contributed by atoms with van der Waals surface area (Å²) in [6.45, 7) is 0.183. The maximum Gasteiger partial charge on any atom is 0.255 e. The molecule has 6 nitrogen and oxygen atoms in total. The summed E-state index contributed by atoms with van der Waals surface area (Å²) in [5.41, 5.74) is 3.06. The molecule has 39 heavy (non-hydrogen) atoms. The Kier molecular flexibility index (Phi) is 7.52. The highest BCUT2D eigenvalue weighted by atomic mass is 35.5. The number of nitrogens with zero attached hydrogens (tertiary/aromatic N) is 1. The van der Waals surface area contributed by atoms with Gasteiger partial charge in [-0.2, -0.15) is 0 Å². The molecule has 0 aromatic heterocycles. The van der Waals surface area contributed by atoms with Gasteiger partial charge in [0, 0.05) is 17.8 Å². The molecule has 198 valence electrons. The number of halogens is 2. The van der Waals surface area contributed by atoms with E-state index in [1.165, 1.54) is 19.2 Å². The van der Waals surface area contributed by atoms with Gasteiger partial charge in [-0.3, -0.25) is 9.59 Å². The van der Waals surface area contributed by atoms with Gasteiger partial charge in [0.2, 0.25) is 5.91 Å². The molecule has 0 unspecified atom stereocenters. The zero-order chi connectivity index (χ0) is 27.5. The Morgan fingerprint density at radius 1 is 0.949 bits per heavy atom. The monoisotopic (exact) mass is 544 g/mol. The molecule has 0 fully saturated rings. The van der Waals surface area contributed by atoms with E-state index in [2.05, 4.69) is 5.32 Å². The minimum atomic E-state index is -0.756. The molecule has 1 aliphatic rings. The molecule has 4 aromatic rings. The van der Waals surface area contributed by atoms with E-state index in [4.69, 9.17) is 21.1 Å². The minimum absolute atomic E-state index is 0.183. The van der Waals surface area contributed by atoms with Crippen LogP contribution in [-0.4, -0.2) is 30.9 Å². The van der Waals surface area contributed by atoms with Gasteiger partial charge in [0.15, 0.2) is 0 Å². The van der Waals surface area contributed by atoms with Crippen molar-refractivity contribution in [1.82, 2.24) is 4.90 Å². The molecule has 4 aromatic carbocycles. The second-order valence-electron chi connectivity index (χ2n) is 9.18. The van der Waals surface area contributed by atoms with E-state index in [0.29, 0.717) is 33.3 Å². The maximum atomic E-state index is 14.1. The molecular formula is C31H26ClFN2O4. The summed E-state index contributed by atoms with van der Waals surface area (Å²) in [5.74, 6) is -0.497. The molecule has 0 spiro atoms. The number of carbonyl (C=O) groups is 2. The molecule has 1 N–H and O–H groups in total. The van der Waals surface area contributed by atoms with Gasteiger partial charge < -0.3 is 19.7 Å². The van der Waals surface area contributed by atoms with Crippen molar-refractivity contribution in [2.45, 2.75) is 18.5 Å². The molecule has 0 radical (unpaired) electrons. The fourth-order valence-electron chi connectivity index (χ4n) is 4.97. The summed E-state index contributed by atoms with van der Waals surface area (Å²) in [4.78, 5) is 29.6. The quantitative estimate of drug-likeness (QED) is 0.284. The zero-order valence-electron chi connectivity index (χ0n) is 21.4. The lowest BCUT2D eigenvalue weighted by atomic mass is 9.79. The Balaban J connectivity index is 1.61. The van der Waals surface area contributed by atoms with Crippen molar-refractivity contribution in [3.8, 4) is 11.5 Å². The van der Waals surface area contributed by atoms with E-state index in [1.807, 2.05) is 24.3 Å². The Morgan fingerprint density at radius 2 is 1.67 bits per heavy atom. The number of benzene rings is 4. The van der Waals surface area contributed by atoms with Crippen LogP contribution in [0.15, 0.2) is 91.0 Å². The average molecular weight is 545 g/mol. The Hall–Kier alpha value is -4.36. The van der Waals surface area contributed by atoms with Gasteiger partial charge in [0.1, 0.15) is 17.3 Å². The van der Waals surface area contributed by atoms with Gasteiger partial charge in [0.05, 0.1) is 31.2 Å². The van der Waals surface area contributed by atoms with E-state index < -0.39 is 12.0 Å². The Bertz CT molecular complexity index is 1510. The zero-order valence-corrected chi connectivity index (χ0v) is 22.1. The summed E-state index contributed by atoms with van der Waals surface area (Å²) in [6.07, 6.45) is 0. The number of anilines is 1. The Labute approximate surface area is 230 Å². The minimum Gasteiger partial charge on any atom is -0.497 e. The van der Waals surface area contributed by atoms with Crippen molar-refractivity contribution < 1.29 is 23.5 Å². The summed E-state index contributed by atoms with van der Waals surface area (Å²) in [7, 11) is 3.09. The molecule has 1 aliphatic heterocycles. The van der Waals surface area contributed by atoms with Crippen LogP contribution >= 0.6 is 11.6 Å². The predicted octanol–water partition coefficient (Wildman–Crippen LogP) is 6.62. The first-order chi connectivity index (χ1) is 18.9. The molecule has 8 heteroatoms. The molecular weight excluding hydrogens is 519 g/mol. The third-order valence-electron chi connectivity index (χ3n) is 6.86. The first-order valence-corrected chi connectivity index (χ1v) is 12.7. The molecule has 2 amide bonds. The number of rotatable bonds is 7. The predicted molar refractivity (Wildman–Crippen MR) is 148 cm³/mol. The van der Waals surface area contributed by atoms with E-state index in [1.54, 1.807) is 66.6 Å². The van der Waals surface area contributed by atoms with Crippen LogP contribution in [0.25, 0.3) is 0 Å². The lowest BCUT2D eigenvalue weighted by molar-refractivity contribution is -0.119. The summed E-state index contributed by atoms with van der Waals surface area (Å²) >= 11 is 6.31. The second kappa shape index (κ2) is 11.2. The van der Waals surface area contributed by atoms with Crippen LogP contribution < -0.4 is 14.8 Å². The number of amides is 2. The van der Waals surface area contributed by atoms with Crippen LogP contribution in [0.2, 0.25) is 5.02 Å². The van der Waals surface area contributed by atoms with Gasteiger partial charge in [0.25, 0.3) is 5.91 Å².